The molecular formula is C19H27N5O2. The van der Waals surface area contributed by atoms with Crippen LogP contribution in [0.3, 0.4) is 0 Å². The maximum absolute atomic E-state index is 12.3. The standard InChI is InChI=1S/C19H27N5O2/c1-12-13(2)21-17(19(25)23(4)5)22-18(12)24-8-6-16(10-24)20-14(3)15-7-9-26-11-15/h7,9,11,14,16,20H,6,8,10H2,1-5H3/t14?,16-/m1/s1. The largest absolute Gasteiger partial charge is 0.472 e. The summed E-state index contributed by atoms with van der Waals surface area (Å²) in [6.45, 7) is 7.85. The Morgan fingerprint density at radius 1 is 1.38 bits per heavy atom. The van der Waals surface area contributed by atoms with Crippen molar-refractivity contribution in [2.45, 2.75) is 39.3 Å². The molecule has 0 aromatic carbocycles. The molecule has 1 fully saturated rings. The normalized spacial score (nSPS) is 18.2. The van der Waals surface area contributed by atoms with E-state index in [-0.39, 0.29) is 17.8 Å². The molecule has 7 heteroatoms. The molecule has 0 radical (unpaired) electrons. The molecule has 1 amide bonds. The first-order valence-corrected chi connectivity index (χ1v) is 8.96. The van der Waals surface area contributed by atoms with Gasteiger partial charge in [-0.2, -0.15) is 0 Å². The average Bonchev–Trinajstić information content (AvgIpc) is 3.28. The van der Waals surface area contributed by atoms with Crippen LogP contribution in [0.1, 0.15) is 46.8 Å². The second-order valence-corrected chi connectivity index (χ2v) is 7.16. The Kier molecular flexibility index (Phi) is 5.27. The van der Waals surface area contributed by atoms with E-state index in [1.54, 1.807) is 26.6 Å². The molecular weight excluding hydrogens is 330 g/mol. The van der Waals surface area contributed by atoms with Crippen molar-refractivity contribution >= 4 is 11.7 Å². The zero-order chi connectivity index (χ0) is 18.8. The lowest BCUT2D eigenvalue weighted by Crippen LogP contribution is -2.35. The van der Waals surface area contributed by atoms with Crippen molar-refractivity contribution < 1.29 is 9.21 Å². The second-order valence-electron chi connectivity index (χ2n) is 7.16. The molecule has 3 heterocycles. The number of aromatic nitrogens is 2. The van der Waals surface area contributed by atoms with Gasteiger partial charge in [0.2, 0.25) is 5.82 Å². The fraction of sp³-hybridized carbons (Fsp3) is 0.526. The van der Waals surface area contributed by atoms with Crippen molar-refractivity contribution in [1.82, 2.24) is 20.2 Å². The zero-order valence-corrected chi connectivity index (χ0v) is 16.1. The number of aryl methyl sites for hydroxylation is 1. The van der Waals surface area contributed by atoms with Gasteiger partial charge in [0.25, 0.3) is 5.91 Å². The van der Waals surface area contributed by atoms with Crippen molar-refractivity contribution in [3.05, 3.63) is 41.2 Å². The maximum Gasteiger partial charge on any atom is 0.291 e. The third kappa shape index (κ3) is 3.72. The van der Waals surface area contributed by atoms with Crippen LogP contribution < -0.4 is 10.2 Å². The Hall–Kier alpha value is -2.41. The van der Waals surface area contributed by atoms with Crippen molar-refractivity contribution in [3.63, 3.8) is 0 Å². The fourth-order valence-electron chi connectivity index (χ4n) is 3.28. The second kappa shape index (κ2) is 7.45. The molecule has 0 bridgehead atoms. The van der Waals surface area contributed by atoms with Gasteiger partial charge in [0.05, 0.1) is 12.5 Å². The Morgan fingerprint density at radius 3 is 2.81 bits per heavy atom. The van der Waals surface area contributed by atoms with Crippen LogP contribution in [0.15, 0.2) is 23.0 Å². The highest BCUT2D eigenvalue weighted by molar-refractivity contribution is 5.90. The van der Waals surface area contributed by atoms with E-state index in [4.69, 9.17) is 4.42 Å². The number of anilines is 1. The summed E-state index contributed by atoms with van der Waals surface area (Å²) in [5.74, 6) is 0.955. The summed E-state index contributed by atoms with van der Waals surface area (Å²) in [7, 11) is 3.43. The zero-order valence-electron chi connectivity index (χ0n) is 16.1. The summed E-state index contributed by atoms with van der Waals surface area (Å²) >= 11 is 0. The molecule has 0 saturated carbocycles. The summed E-state index contributed by atoms with van der Waals surface area (Å²) in [5.41, 5.74) is 3.03. The first kappa shape index (κ1) is 18.4. The highest BCUT2D eigenvalue weighted by Gasteiger charge is 2.27. The molecule has 1 saturated heterocycles. The van der Waals surface area contributed by atoms with E-state index < -0.39 is 0 Å². The molecule has 0 spiro atoms. The van der Waals surface area contributed by atoms with Gasteiger partial charge in [0, 0.05) is 56.1 Å². The number of amides is 1. The topological polar surface area (TPSA) is 74.5 Å². The predicted octanol–water partition coefficient (Wildman–Crippen LogP) is 2.32. The third-order valence-electron chi connectivity index (χ3n) is 4.98. The monoisotopic (exact) mass is 357 g/mol. The Bertz CT molecular complexity index is 772. The molecule has 1 N–H and O–H groups in total. The van der Waals surface area contributed by atoms with E-state index in [9.17, 15) is 4.79 Å². The lowest BCUT2D eigenvalue weighted by atomic mass is 10.1. The van der Waals surface area contributed by atoms with Crippen LogP contribution in [0.25, 0.3) is 0 Å². The van der Waals surface area contributed by atoms with Gasteiger partial charge in [-0.3, -0.25) is 4.79 Å². The minimum Gasteiger partial charge on any atom is -0.472 e. The van der Waals surface area contributed by atoms with Gasteiger partial charge in [0.1, 0.15) is 5.82 Å². The molecule has 26 heavy (non-hydrogen) atoms. The Labute approximate surface area is 154 Å². The third-order valence-corrected chi connectivity index (χ3v) is 4.98. The van der Waals surface area contributed by atoms with Crippen LogP contribution in [-0.4, -0.2) is 54.0 Å². The van der Waals surface area contributed by atoms with Gasteiger partial charge in [-0.05, 0) is 33.3 Å². The SMILES string of the molecule is Cc1nc(C(=O)N(C)C)nc(N2CC[C@@H](NC(C)c3ccoc3)C2)c1C. The number of nitrogens with zero attached hydrogens (tertiary/aromatic N) is 4. The van der Waals surface area contributed by atoms with Crippen LogP contribution in [0.4, 0.5) is 5.82 Å². The molecule has 1 aliphatic heterocycles. The number of hydrogen-bond acceptors (Lipinski definition) is 6. The number of nitrogens with one attached hydrogen (secondary N) is 1. The number of furan rings is 1. The van der Waals surface area contributed by atoms with E-state index in [2.05, 4.69) is 27.1 Å². The van der Waals surface area contributed by atoms with Gasteiger partial charge in [0.15, 0.2) is 0 Å². The quantitative estimate of drug-likeness (QED) is 0.885. The molecule has 0 aliphatic carbocycles. The minimum atomic E-state index is -0.170. The van der Waals surface area contributed by atoms with E-state index in [1.807, 2.05) is 19.9 Å². The van der Waals surface area contributed by atoms with E-state index >= 15 is 0 Å². The van der Waals surface area contributed by atoms with Gasteiger partial charge < -0.3 is 19.5 Å². The molecule has 140 valence electrons. The summed E-state index contributed by atoms with van der Waals surface area (Å²) in [6, 6.07) is 2.59. The van der Waals surface area contributed by atoms with Gasteiger partial charge >= 0.3 is 0 Å². The van der Waals surface area contributed by atoms with Gasteiger partial charge in [-0.1, -0.05) is 0 Å². The van der Waals surface area contributed by atoms with Crippen LogP contribution in [-0.2, 0) is 0 Å². The van der Waals surface area contributed by atoms with Crippen LogP contribution >= 0.6 is 0 Å². The number of hydrogen-bond donors (Lipinski definition) is 1. The highest BCUT2D eigenvalue weighted by atomic mass is 16.3. The fourth-order valence-corrected chi connectivity index (χ4v) is 3.28. The summed E-state index contributed by atoms with van der Waals surface area (Å²) < 4.78 is 5.17. The molecule has 2 atom stereocenters. The maximum atomic E-state index is 12.3. The molecule has 1 unspecified atom stereocenters. The van der Waals surface area contributed by atoms with Crippen LogP contribution in [0.5, 0.6) is 0 Å². The Morgan fingerprint density at radius 2 is 2.15 bits per heavy atom. The number of rotatable bonds is 5. The first-order valence-electron chi connectivity index (χ1n) is 8.96. The van der Waals surface area contributed by atoms with Gasteiger partial charge in [-0.25, -0.2) is 9.97 Å². The van der Waals surface area contributed by atoms with E-state index in [0.717, 1.165) is 42.1 Å². The minimum absolute atomic E-state index is 0.170. The van der Waals surface area contributed by atoms with E-state index in [0.29, 0.717) is 6.04 Å². The lowest BCUT2D eigenvalue weighted by Gasteiger charge is -2.23. The highest BCUT2D eigenvalue weighted by Crippen LogP contribution is 2.25. The number of carbonyl (C=O) groups is 1. The summed E-state index contributed by atoms with van der Waals surface area (Å²) in [4.78, 5) is 25.0. The van der Waals surface area contributed by atoms with Crippen molar-refractivity contribution in [1.29, 1.82) is 0 Å². The smallest absolute Gasteiger partial charge is 0.291 e. The van der Waals surface area contributed by atoms with Crippen molar-refractivity contribution in [3.8, 4) is 0 Å². The van der Waals surface area contributed by atoms with Crippen molar-refractivity contribution in [2.75, 3.05) is 32.1 Å². The average molecular weight is 357 g/mol. The van der Waals surface area contributed by atoms with Crippen molar-refractivity contribution in [2.24, 2.45) is 0 Å². The van der Waals surface area contributed by atoms with E-state index in [1.165, 1.54) is 4.90 Å². The molecule has 2 aromatic rings. The van der Waals surface area contributed by atoms with Crippen LogP contribution in [0, 0.1) is 13.8 Å². The number of carbonyl (C=O) groups excluding carboxylic acids is 1. The van der Waals surface area contributed by atoms with Gasteiger partial charge in [-0.15, -0.1) is 0 Å². The summed E-state index contributed by atoms with van der Waals surface area (Å²) in [5, 5.41) is 3.65. The first-order chi connectivity index (χ1) is 12.4. The molecule has 2 aromatic heterocycles. The molecule has 3 rings (SSSR count). The molecule has 7 nitrogen and oxygen atoms in total. The van der Waals surface area contributed by atoms with Crippen LogP contribution in [0.2, 0.25) is 0 Å². The Balaban J connectivity index is 1.74. The lowest BCUT2D eigenvalue weighted by molar-refractivity contribution is 0.0815. The molecule has 1 aliphatic rings. The summed E-state index contributed by atoms with van der Waals surface area (Å²) in [6.07, 6.45) is 4.51. The predicted molar refractivity (Wildman–Crippen MR) is 100 cm³/mol.